The number of hydrogen-bond donors (Lipinski definition) is 2. The van der Waals surface area contributed by atoms with Crippen molar-refractivity contribution in [1.29, 1.82) is 0 Å². The minimum Gasteiger partial charge on any atom is -0.481 e. The molecule has 1 atom stereocenters. The summed E-state index contributed by atoms with van der Waals surface area (Å²) in [6.45, 7) is 5.62. The Morgan fingerprint density at radius 2 is 1.61 bits per heavy atom. The van der Waals surface area contributed by atoms with Crippen molar-refractivity contribution in [3.63, 3.8) is 0 Å². The maximum Gasteiger partial charge on any atom is 0.349 e. The Labute approximate surface area is 103 Å². The molecule has 0 aliphatic rings. The van der Waals surface area contributed by atoms with Gasteiger partial charge in [-0.25, -0.2) is 9.59 Å². The molecule has 0 aromatic rings. The first-order valence-electron chi connectivity index (χ1n) is 4.94. The van der Waals surface area contributed by atoms with E-state index in [0.717, 1.165) is 6.92 Å². The van der Waals surface area contributed by atoms with Gasteiger partial charge in [0.2, 0.25) is 5.60 Å². The quantitative estimate of drug-likeness (QED) is 0.500. The van der Waals surface area contributed by atoms with Gasteiger partial charge in [0.15, 0.2) is 0 Å². The number of carbonyl (C=O) groups is 4. The van der Waals surface area contributed by atoms with Crippen molar-refractivity contribution in [2.75, 3.05) is 0 Å². The first-order chi connectivity index (χ1) is 8.10. The van der Waals surface area contributed by atoms with Crippen LogP contribution in [0, 0.1) is 0 Å². The molecule has 0 aromatic heterocycles. The lowest BCUT2D eigenvalue weighted by atomic mass is 9.93. The zero-order valence-corrected chi connectivity index (χ0v) is 10.1. The van der Waals surface area contributed by atoms with Crippen LogP contribution in [0.25, 0.3) is 0 Å². The summed E-state index contributed by atoms with van der Waals surface area (Å²) in [7, 11) is 0. The topological polar surface area (TPSA) is 118 Å². The molecule has 0 bridgehead atoms. The van der Waals surface area contributed by atoms with Gasteiger partial charge in [-0.15, -0.1) is 0 Å². The monoisotopic (exact) mass is 258 g/mol. The fourth-order valence-corrected chi connectivity index (χ4v) is 1.24. The highest BCUT2D eigenvalue weighted by atomic mass is 16.6. The Bertz CT molecular complexity index is 392. The van der Waals surface area contributed by atoms with Gasteiger partial charge < -0.3 is 14.9 Å². The second-order valence-electron chi connectivity index (χ2n) is 3.92. The molecule has 0 spiro atoms. The van der Waals surface area contributed by atoms with E-state index in [1.54, 1.807) is 0 Å². The first-order valence-corrected chi connectivity index (χ1v) is 4.94. The van der Waals surface area contributed by atoms with Crippen LogP contribution in [-0.2, 0) is 23.9 Å². The van der Waals surface area contributed by atoms with Crippen LogP contribution in [-0.4, -0.2) is 39.5 Å². The Kier molecular flexibility index (Phi) is 5.23. The van der Waals surface area contributed by atoms with Gasteiger partial charge in [0.05, 0.1) is 12.8 Å². The van der Waals surface area contributed by atoms with Crippen LogP contribution in [0.15, 0.2) is 12.2 Å². The molecule has 1 unspecified atom stereocenters. The standard InChI is InChI=1S/C11H14O7/c1-6(2)9(15)18-11(10(16)17,4-7(3)12)5-8(13)14/h1,4-5H2,2-3H3,(H,13,14)(H,16,17). The van der Waals surface area contributed by atoms with E-state index in [-0.39, 0.29) is 5.57 Å². The minimum atomic E-state index is -2.40. The van der Waals surface area contributed by atoms with Crippen LogP contribution in [0.5, 0.6) is 0 Å². The van der Waals surface area contributed by atoms with Crippen LogP contribution in [0.4, 0.5) is 0 Å². The number of esters is 1. The minimum absolute atomic E-state index is 0.0884. The highest BCUT2D eigenvalue weighted by Gasteiger charge is 2.46. The molecule has 0 aliphatic carbocycles. The van der Waals surface area contributed by atoms with Gasteiger partial charge in [-0.3, -0.25) is 9.59 Å². The van der Waals surface area contributed by atoms with Gasteiger partial charge in [0.25, 0.3) is 0 Å². The molecular formula is C11H14O7. The number of ketones is 1. The smallest absolute Gasteiger partial charge is 0.349 e. The molecule has 7 nitrogen and oxygen atoms in total. The fourth-order valence-electron chi connectivity index (χ4n) is 1.24. The summed E-state index contributed by atoms with van der Waals surface area (Å²) in [6.07, 6.45) is -1.71. The number of carboxylic acid groups (broad SMARTS) is 2. The number of hydrogen-bond acceptors (Lipinski definition) is 5. The molecule has 0 saturated carbocycles. The Morgan fingerprint density at radius 3 is 1.89 bits per heavy atom. The predicted octanol–water partition coefficient (Wildman–Crippen LogP) is 0.383. The van der Waals surface area contributed by atoms with E-state index in [2.05, 4.69) is 11.3 Å². The van der Waals surface area contributed by atoms with E-state index in [0.29, 0.717) is 0 Å². The molecule has 2 N–H and O–H groups in total. The third-order valence-corrected chi connectivity index (χ3v) is 2.00. The Balaban J connectivity index is 5.38. The lowest BCUT2D eigenvalue weighted by molar-refractivity contribution is -0.181. The Morgan fingerprint density at radius 1 is 1.11 bits per heavy atom. The highest BCUT2D eigenvalue weighted by molar-refractivity contribution is 5.95. The van der Waals surface area contributed by atoms with Crippen molar-refractivity contribution in [2.45, 2.75) is 32.3 Å². The average molecular weight is 258 g/mol. The molecule has 100 valence electrons. The van der Waals surface area contributed by atoms with E-state index in [1.807, 2.05) is 0 Å². The molecule has 0 aliphatic heterocycles. The number of rotatable bonds is 7. The normalized spacial score (nSPS) is 13.2. The van der Waals surface area contributed by atoms with Gasteiger partial charge in [-0.1, -0.05) is 6.58 Å². The van der Waals surface area contributed by atoms with Crippen molar-refractivity contribution in [3.8, 4) is 0 Å². The zero-order valence-electron chi connectivity index (χ0n) is 10.1. The van der Waals surface area contributed by atoms with Crippen LogP contribution in [0.3, 0.4) is 0 Å². The third-order valence-electron chi connectivity index (χ3n) is 2.00. The van der Waals surface area contributed by atoms with E-state index >= 15 is 0 Å². The van der Waals surface area contributed by atoms with Gasteiger partial charge in [0, 0.05) is 5.57 Å². The molecule has 7 heteroatoms. The molecule has 0 radical (unpaired) electrons. The highest BCUT2D eigenvalue weighted by Crippen LogP contribution is 2.23. The summed E-state index contributed by atoms with van der Waals surface area (Å²) in [5.41, 5.74) is -2.48. The van der Waals surface area contributed by atoms with Crippen molar-refractivity contribution in [1.82, 2.24) is 0 Å². The number of carboxylic acids is 2. The molecular weight excluding hydrogens is 244 g/mol. The van der Waals surface area contributed by atoms with Crippen LogP contribution < -0.4 is 0 Å². The van der Waals surface area contributed by atoms with Gasteiger partial charge in [-0.2, -0.15) is 0 Å². The van der Waals surface area contributed by atoms with Gasteiger partial charge in [0.1, 0.15) is 5.78 Å². The van der Waals surface area contributed by atoms with Crippen molar-refractivity contribution in [3.05, 3.63) is 12.2 Å². The predicted molar refractivity (Wildman–Crippen MR) is 58.8 cm³/mol. The lowest BCUT2D eigenvalue weighted by Gasteiger charge is -2.26. The summed E-state index contributed by atoms with van der Waals surface area (Å²) < 4.78 is 4.64. The number of ether oxygens (including phenoxy) is 1. The summed E-state index contributed by atoms with van der Waals surface area (Å²) in [5, 5.41) is 17.7. The van der Waals surface area contributed by atoms with Crippen LogP contribution in [0.2, 0.25) is 0 Å². The number of Topliss-reactive ketones (excluding diaryl/α,β-unsaturated/α-hetero) is 1. The second kappa shape index (κ2) is 5.95. The summed E-state index contributed by atoms with van der Waals surface area (Å²) in [4.78, 5) is 44.2. The maximum atomic E-state index is 11.3. The maximum absolute atomic E-state index is 11.3. The van der Waals surface area contributed by atoms with E-state index < -0.39 is 42.1 Å². The molecule has 0 saturated heterocycles. The largest absolute Gasteiger partial charge is 0.481 e. The number of aliphatic carboxylic acids is 2. The Hall–Kier alpha value is -2.18. The summed E-state index contributed by atoms with van der Waals surface area (Å²) in [6, 6.07) is 0. The van der Waals surface area contributed by atoms with Crippen molar-refractivity contribution in [2.24, 2.45) is 0 Å². The molecule has 0 amide bonds. The second-order valence-corrected chi connectivity index (χ2v) is 3.92. The first kappa shape index (κ1) is 15.8. The van der Waals surface area contributed by atoms with Crippen molar-refractivity contribution >= 4 is 23.7 Å². The van der Waals surface area contributed by atoms with E-state index in [4.69, 9.17) is 10.2 Å². The molecule has 0 rings (SSSR count). The summed E-state index contributed by atoms with van der Waals surface area (Å²) >= 11 is 0. The lowest BCUT2D eigenvalue weighted by Crippen LogP contribution is -2.46. The van der Waals surface area contributed by atoms with E-state index in [1.165, 1.54) is 6.92 Å². The van der Waals surface area contributed by atoms with E-state index in [9.17, 15) is 19.2 Å². The molecule has 0 aromatic carbocycles. The van der Waals surface area contributed by atoms with Gasteiger partial charge >= 0.3 is 17.9 Å². The van der Waals surface area contributed by atoms with Crippen molar-refractivity contribution < 1.29 is 34.1 Å². The van der Waals surface area contributed by atoms with Gasteiger partial charge in [-0.05, 0) is 13.8 Å². The fraction of sp³-hybridized carbons (Fsp3) is 0.455. The van der Waals surface area contributed by atoms with Crippen LogP contribution in [0.1, 0.15) is 26.7 Å². The molecule has 0 fully saturated rings. The summed E-state index contributed by atoms with van der Waals surface area (Å²) in [5.74, 6) is -4.84. The third kappa shape index (κ3) is 4.36. The number of carbonyl (C=O) groups excluding carboxylic acids is 2. The SMILES string of the molecule is C=C(C)C(=O)OC(CC(C)=O)(CC(=O)O)C(=O)O. The van der Waals surface area contributed by atoms with Crippen LogP contribution >= 0.6 is 0 Å². The average Bonchev–Trinajstić information content (AvgIpc) is 2.14. The molecule has 0 heterocycles. The molecule has 18 heavy (non-hydrogen) atoms. The zero-order chi connectivity index (χ0) is 14.5.